The number of alkyl halides is 4. The van der Waals surface area contributed by atoms with E-state index in [1.54, 1.807) is 0 Å². The average molecular weight is 341 g/mol. The molecule has 112 valence electrons. The van der Waals surface area contributed by atoms with Crippen LogP contribution >= 0.6 is 23.2 Å². The van der Waals surface area contributed by atoms with Crippen molar-refractivity contribution in [3.05, 3.63) is 69.7 Å². The predicted molar refractivity (Wildman–Crippen MR) is 70.5 cm³/mol. The van der Waals surface area contributed by atoms with Crippen molar-refractivity contribution in [1.82, 2.24) is 0 Å². The van der Waals surface area contributed by atoms with E-state index in [-0.39, 0.29) is 16.1 Å². The molecule has 2 rings (SSSR count). The Morgan fingerprint density at radius 1 is 0.905 bits per heavy atom. The maximum Gasteiger partial charge on any atom is 0.416 e. The lowest BCUT2D eigenvalue weighted by atomic mass is 9.98. The van der Waals surface area contributed by atoms with Gasteiger partial charge in [0.2, 0.25) is 0 Å². The maximum absolute atomic E-state index is 13.3. The molecule has 0 N–H and O–H groups in total. The Hall–Kier alpha value is -1.33. The first-order chi connectivity index (χ1) is 9.71. The fourth-order valence-electron chi connectivity index (χ4n) is 1.88. The topological polar surface area (TPSA) is 0 Å². The van der Waals surface area contributed by atoms with Gasteiger partial charge in [-0.3, -0.25) is 0 Å². The van der Waals surface area contributed by atoms with E-state index in [1.807, 2.05) is 0 Å². The molecule has 0 bridgehead atoms. The standard InChI is InChI=1S/C14H7Cl2F5/c15-10-6-12(18)11(17)5-8(10)13(16)7-3-1-2-4-9(7)14(19,20)21/h1-6,13H. The molecule has 0 radical (unpaired) electrons. The van der Waals surface area contributed by atoms with Crippen LogP contribution in [0.3, 0.4) is 0 Å². The normalized spacial score (nSPS) is 13.3. The van der Waals surface area contributed by atoms with Crippen LogP contribution < -0.4 is 0 Å². The van der Waals surface area contributed by atoms with Crippen molar-refractivity contribution in [2.24, 2.45) is 0 Å². The number of rotatable bonds is 2. The lowest BCUT2D eigenvalue weighted by Crippen LogP contribution is -2.11. The summed E-state index contributed by atoms with van der Waals surface area (Å²) in [6.07, 6.45) is -4.62. The van der Waals surface area contributed by atoms with Crippen LogP contribution in [0.4, 0.5) is 22.0 Å². The zero-order valence-corrected chi connectivity index (χ0v) is 11.7. The number of hydrogen-bond donors (Lipinski definition) is 0. The minimum atomic E-state index is -4.62. The molecule has 2 aromatic carbocycles. The predicted octanol–water partition coefficient (Wildman–Crippen LogP) is 5.97. The van der Waals surface area contributed by atoms with Crippen LogP contribution in [0.1, 0.15) is 22.1 Å². The van der Waals surface area contributed by atoms with Crippen LogP contribution in [0.5, 0.6) is 0 Å². The van der Waals surface area contributed by atoms with Gasteiger partial charge in [0, 0.05) is 5.02 Å². The van der Waals surface area contributed by atoms with Crippen molar-refractivity contribution in [2.75, 3.05) is 0 Å². The monoisotopic (exact) mass is 340 g/mol. The molecule has 0 aliphatic carbocycles. The zero-order valence-electron chi connectivity index (χ0n) is 10.2. The van der Waals surface area contributed by atoms with E-state index in [9.17, 15) is 22.0 Å². The van der Waals surface area contributed by atoms with Gasteiger partial charge in [0.15, 0.2) is 11.6 Å². The van der Waals surface area contributed by atoms with Crippen molar-refractivity contribution in [2.45, 2.75) is 11.6 Å². The van der Waals surface area contributed by atoms with Gasteiger partial charge in [-0.2, -0.15) is 13.2 Å². The summed E-state index contributed by atoms with van der Waals surface area (Å²) in [4.78, 5) is 0. The van der Waals surface area contributed by atoms with E-state index >= 15 is 0 Å². The molecule has 0 nitrogen and oxygen atoms in total. The third-order valence-corrected chi connectivity index (χ3v) is 3.65. The van der Waals surface area contributed by atoms with Crippen LogP contribution in [-0.2, 0) is 6.18 Å². The number of halogens is 7. The van der Waals surface area contributed by atoms with Gasteiger partial charge >= 0.3 is 6.18 Å². The molecule has 0 saturated carbocycles. The van der Waals surface area contributed by atoms with Gasteiger partial charge < -0.3 is 0 Å². The van der Waals surface area contributed by atoms with Gasteiger partial charge in [0.25, 0.3) is 0 Å². The highest BCUT2D eigenvalue weighted by Crippen LogP contribution is 2.41. The fourth-order valence-corrected chi connectivity index (χ4v) is 2.56. The minimum Gasteiger partial charge on any atom is -0.204 e. The van der Waals surface area contributed by atoms with Crippen molar-refractivity contribution < 1.29 is 22.0 Å². The van der Waals surface area contributed by atoms with Crippen molar-refractivity contribution in [3.63, 3.8) is 0 Å². The molecule has 0 aliphatic heterocycles. The Kier molecular flexibility index (Phi) is 4.44. The lowest BCUT2D eigenvalue weighted by Gasteiger charge is -2.18. The van der Waals surface area contributed by atoms with E-state index in [0.29, 0.717) is 12.1 Å². The average Bonchev–Trinajstić information content (AvgIpc) is 2.41. The molecule has 0 saturated heterocycles. The molecule has 0 aliphatic rings. The van der Waals surface area contributed by atoms with Crippen LogP contribution in [0.15, 0.2) is 36.4 Å². The summed E-state index contributed by atoms with van der Waals surface area (Å²) in [5, 5.41) is -1.60. The Morgan fingerprint density at radius 2 is 1.48 bits per heavy atom. The van der Waals surface area contributed by atoms with Crippen LogP contribution in [0.25, 0.3) is 0 Å². The first-order valence-corrected chi connectivity index (χ1v) is 6.48. The third kappa shape index (κ3) is 3.30. The quantitative estimate of drug-likeness (QED) is 0.359. The minimum absolute atomic E-state index is 0.131. The van der Waals surface area contributed by atoms with Gasteiger partial charge in [0.05, 0.1) is 10.9 Å². The smallest absolute Gasteiger partial charge is 0.204 e. The molecule has 0 amide bonds. The second kappa shape index (κ2) is 5.81. The van der Waals surface area contributed by atoms with E-state index in [4.69, 9.17) is 23.2 Å². The molecule has 1 unspecified atom stereocenters. The molecular formula is C14H7Cl2F5. The first-order valence-electron chi connectivity index (χ1n) is 5.66. The Labute approximate surface area is 127 Å². The molecule has 7 heteroatoms. The molecule has 0 spiro atoms. The summed E-state index contributed by atoms with van der Waals surface area (Å²) in [6, 6.07) is 5.98. The fraction of sp³-hybridized carbons (Fsp3) is 0.143. The van der Waals surface area contributed by atoms with E-state index in [1.165, 1.54) is 12.1 Å². The summed E-state index contributed by atoms with van der Waals surface area (Å²) in [7, 11) is 0. The Bertz CT molecular complexity index is 667. The van der Waals surface area contributed by atoms with Crippen LogP contribution in [0, 0.1) is 11.6 Å². The first kappa shape index (κ1) is 16.0. The molecular weight excluding hydrogens is 334 g/mol. The Balaban J connectivity index is 2.56. The van der Waals surface area contributed by atoms with Gasteiger partial charge in [-0.05, 0) is 29.3 Å². The van der Waals surface area contributed by atoms with E-state index < -0.39 is 28.8 Å². The van der Waals surface area contributed by atoms with E-state index in [0.717, 1.165) is 12.1 Å². The third-order valence-electron chi connectivity index (χ3n) is 2.85. The summed E-state index contributed by atoms with van der Waals surface area (Å²) in [5.41, 5.74) is -1.36. The molecule has 21 heavy (non-hydrogen) atoms. The number of benzene rings is 2. The van der Waals surface area contributed by atoms with Crippen LogP contribution in [0.2, 0.25) is 5.02 Å². The summed E-state index contributed by atoms with van der Waals surface area (Å²) < 4.78 is 65.1. The van der Waals surface area contributed by atoms with Gasteiger partial charge in [0.1, 0.15) is 0 Å². The largest absolute Gasteiger partial charge is 0.416 e. The summed E-state index contributed by atoms with van der Waals surface area (Å²) >= 11 is 11.7. The van der Waals surface area contributed by atoms with Gasteiger partial charge in [-0.1, -0.05) is 29.8 Å². The highest BCUT2D eigenvalue weighted by molar-refractivity contribution is 6.33. The zero-order chi connectivity index (χ0) is 15.8. The van der Waals surface area contributed by atoms with Gasteiger partial charge in [-0.15, -0.1) is 11.6 Å². The second-order valence-corrected chi connectivity index (χ2v) is 5.08. The maximum atomic E-state index is 13.3. The van der Waals surface area contributed by atoms with Crippen molar-refractivity contribution >= 4 is 23.2 Å². The molecule has 0 heterocycles. The molecule has 2 aromatic rings. The van der Waals surface area contributed by atoms with Crippen molar-refractivity contribution in [1.29, 1.82) is 0 Å². The summed E-state index contributed by atoms with van der Waals surface area (Å²) in [5.74, 6) is -2.43. The summed E-state index contributed by atoms with van der Waals surface area (Å²) in [6.45, 7) is 0. The highest BCUT2D eigenvalue weighted by Gasteiger charge is 2.35. The van der Waals surface area contributed by atoms with Gasteiger partial charge in [-0.25, -0.2) is 8.78 Å². The molecule has 0 fully saturated rings. The van der Waals surface area contributed by atoms with E-state index in [2.05, 4.69) is 0 Å². The number of hydrogen-bond acceptors (Lipinski definition) is 0. The molecule has 1 atom stereocenters. The van der Waals surface area contributed by atoms with Crippen LogP contribution in [-0.4, -0.2) is 0 Å². The van der Waals surface area contributed by atoms with Crippen molar-refractivity contribution in [3.8, 4) is 0 Å². The molecule has 0 aromatic heterocycles. The lowest BCUT2D eigenvalue weighted by molar-refractivity contribution is -0.138. The SMILES string of the molecule is Fc1cc(Cl)c(C(Cl)c2ccccc2C(F)(F)F)cc1F. The second-order valence-electron chi connectivity index (χ2n) is 4.24. The Morgan fingerprint density at radius 3 is 2.10 bits per heavy atom. The highest BCUT2D eigenvalue weighted by atomic mass is 35.5.